The molecule has 1 aliphatic heterocycles. The van der Waals surface area contributed by atoms with Crippen LogP contribution in [-0.4, -0.2) is 25.2 Å². The highest BCUT2D eigenvalue weighted by Crippen LogP contribution is 2.41. The lowest BCUT2D eigenvalue weighted by atomic mass is 9.89. The molecule has 104 valence electrons. The van der Waals surface area contributed by atoms with Gasteiger partial charge in [0.15, 0.2) is 11.5 Å². The van der Waals surface area contributed by atoms with Crippen LogP contribution >= 0.6 is 0 Å². The third kappa shape index (κ3) is 1.97. The van der Waals surface area contributed by atoms with E-state index in [2.05, 4.69) is 29.4 Å². The van der Waals surface area contributed by atoms with Gasteiger partial charge < -0.3 is 14.8 Å². The molecule has 2 heterocycles. The van der Waals surface area contributed by atoms with Crippen molar-refractivity contribution in [2.45, 2.75) is 18.9 Å². The summed E-state index contributed by atoms with van der Waals surface area (Å²) in [5, 5.41) is 3.43. The maximum Gasteiger partial charge on any atom is 0.161 e. The van der Waals surface area contributed by atoms with E-state index in [-0.39, 0.29) is 5.92 Å². The summed E-state index contributed by atoms with van der Waals surface area (Å²) in [5.74, 6) is 2.76. The van der Waals surface area contributed by atoms with Crippen molar-refractivity contribution >= 4 is 5.82 Å². The summed E-state index contributed by atoms with van der Waals surface area (Å²) in [7, 11) is 3.31. The van der Waals surface area contributed by atoms with Gasteiger partial charge in [0.25, 0.3) is 0 Å². The molecule has 0 saturated carbocycles. The lowest BCUT2D eigenvalue weighted by Crippen LogP contribution is -2.17. The number of hydrogen-bond donors (Lipinski definition) is 1. The normalized spacial score (nSPS) is 20.1. The summed E-state index contributed by atoms with van der Waals surface area (Å²) in [4.78, 5) is 4.39. The summed E-state index contributed by atoms with van der Waals surface area (Å²) in [6.07, 6.45) is 1.82. The Hall–Kier alpha value is -2.23. The highest BCUT2D eigenvalue weighted by Gasteiger charge is 2.31. The number of methoxy groups -OCH3 is 2. The molecule has 0 spiro atoms. The van der Waals surface area contributed by atoms with Gasteiger partial charge in [0, 0.05) is 23.7 Å². The molecule has 4 heteroatoms. The summed E-state index contributed by atoms with van der Waals surface area (Å²) in [5.41, 5.74) is 2.43. The van der Waals surface area contributed by atoms with Gasteiger partial charge in [0.2, 0.25) is 0 Å². The summed E-state index contributed by atoms with van der Waals surface area (Å²) in [6, 6.07) is 10.5. The van der Waals surface area contributed by atoms with Gasteiger partial charge >= 0.3 is 0 Å². The van der Waals surface area contributed by atoms with Gasteiger partial charge in [0.1, 0.15) is 5.82 Å². The van der Waals surface area contributed by atoms with Crippen LogP contribution in [0.3, 0.4) is 0 Å². The minimum Gasteiger partial charge on any atom is -0.493 e. The van der Waals surface area contributed by atoms with Crippen LogP contribution in [0.2, 0.25) is 0 Å². The van der Waals surface area contributed by atoms with Crippen molar-refractivity contribution in [1.82, 2.24) is 4.98 Å². The fourth-order valence-corrected chi connectivity index (χ4v) is 2.87. The first kappa shape index (κ1) is 12.8. The Morgan fingerprint density at radius 3 is 2.65 bits per heavy atom. The second-order valence-corrected chi connectivity index (χ2v) is 4.97. The first-order valence-electron chi connectivity index (χ1n) is 6.68. The molecule has 0 radical (unpaired) electrons. The Morgan fingerprint density at radius 1 is 1.10 bits per heavy atom. The van der Waals surface area contributed by atoms with E-state index in [0.29, 0.717) is 6.04 Å². The summed E-state index contributed by atoms with van der Waals surface area (Å²) < 4.78 is 10.7. The van der Waals surface area contributed by atoms with Crippen LogP contribution in [0.4, 0.5) is 5.82 Å². The lowest BCUT2D eigenvalue weighted by Gasteiger charge is -2.18. The number of rotatable bonds is 3. The largest absolute Gasteiger partial charge is 0.493 e. The van der Waals surface area contributed by atoms with Crippen molar-refractivity contribution in [3.8, 4) is 11.5 Å². The van der Waals surface area contributed by atoms with Crippen LogP contribution in [0, 0.1) is 0 Å². The van der Waals surface area contributed by atoms with E-state index < -0.39 is 0 Å². The Labute approximate surface area is 118 Å². The molecule has 2 aromatic rings. The molecule has 1 aliphatic rings. The van der Waals surface area contributed by atoms with Crippen LogP contribution in [0.15, 0.2) is 36.5 Å². The monoisotopic (exact) mass is 270 g/mol. The summed E-state index contributed by atoms with van der Waals surface area (Å²) in [6.45, 7) is 2.17. The average Bonchev–Trinajstić information content (AvgIpc) is 2.82. The summed E-state index contributed by atoms with van der Waals surface area (Å²) >= 11 is 0. The first-order chi connectivity index (χ1) is 9.74. The molecule has 4 nitrogen and oxygen atoms in total. The number of anilines is 1. The highest BCUT2D eigenvalue weighted by molar-refractivity contribution is 5.58. The third-order valence-corrected chi connectivity index (χ3v) is 3.81. The Kier molecular flexibility index (Phi) is 3.22. The number of pyridine rings is 1. The van der Waals surface area contributed by atoms with Crippen LogP contribution in [0.1, 0.15) is 24.0 Å². The van der Waals surface area contributed by atoms with E-state index in [0.717, 1.165) is 17.3 Å². The predicted octanol–water partition coefficient (Wildman–Crippen LogP) is 3.04. The minimum absolute atomic E-state index is 0.276. The SMILES string of the molecule is COc1ccc(C2c3cccnc3NC2C)cc1OC. The van der Waals surface area contributed by atoms with E-state index in [1.165, 1.54) is 11.1 Å². The van der Waals surface area contributed by atoms with Crippen molar-refractivity contribution in [2.75, 3.05) is 19.5 Å². The second-order valence-electron chi connectivity index (χ2n) is 4.97. The Morgan fingerprint density at radius 2 is 1.90 bits per heavy atom. The van der Waals surface area contributed by atoms with Gasteiger partial charge in [-0.15, -0.1) is 0 Å². The Bertz CT molecular complexity index is 628. The number of fused-ring (bicyclic) bond motifs is 1. The molecule has 20 heavy (non-hydrogen) atoms. The van der Waals surface area contributed by atoms with Gasteiger partial charge in [-0.2, -0.15) is 0 Å². The Balaban J connectivity index is 2.05. The van der Waals surface area contributed by atoms with Gasteiger partial charge in [-0.25, -0.2) is 4.98 Å². The quantitative estimate of drug-likeness (QED) is 0.931. The second kappa shape index (κ2) is 5.04. The van der Waals surface area contributed by atoms with Crippen molar-refractivity contribution in [3.63, 3.8) is 0 Å². The highest BCUT2D eigenvalue weighted by atomic mass is 16.5. The zero-order valence-corrected chi connectivity index (χ0v) is 11.9. The molecular formula is C16H18N2O2. The molecule has 1 aromatic carbocycles. The molecule has 0 aliphatic carbocycles. The van der Waals surface area contributed by atoms with E-state index in [1.54, 1.807) is 14.2 Å². The number of hydrogen-bond acceptors (Lipinski definition) is 4. The molecule has 1 aromatic heterocycles. The smallest absolute Gasteiger partial charge is 0.161 e. The van der Waals surface area contributed by atoms with E-state index in [9.17, 15) is 0 Å². The molecule has 0 saturated heterocycles. The van der Waals surface area contributed by atoms with Crippen LogP contribution in [-0.2, 0) is 0 Å². The molecule has 0 bridgehead atoms. The van der Waals surface area contributed by atoms with Crippen LogP contribution in [0.25, 0.3) is 0 Å². The van der Waals surface area contributed by atoms with Crippen LogP contribution in [0.5, 0.6) is 11.5 Å². The number of benzene rings is 1. The standard InChI is InChI=1S/C16H18N2O2/c1-10-15(12-5-4-8-17-16(12)18-10)11-6-7-13(19-2)14(9-11)20-3/h4-10,15H,1-3H3,(H,17,18). The topological polar surface area (TPSA) is 43.4 Å². The van der Waals surface area contributed by atoms with Crippen molar-refractivity contribution in [3.05, 3.63) is 47.7 Å². The third-order valence-electron chi connectivity index (χ3n) is 3.81. The van der Waals surface area contributed by atoms with Gasteiger partial charge in [-0.05, 0) is 30.7 Å². The minimum atomic E-state index is 0.276. The van der Waals surface area contributed by atoms with Crippen molar-refractivity contribution in [2.24, 2.45) is 0 Å². The zero-order chi connectivity index (χ0) is 14.1. The van der Waals surface area contributed by atoms with E-state index in [1.807, 2.05) is 24.4 Å². The lowest BCUT2D eigenvalue weighted by molar-refractivity contribution is 0.354. The molecule has 0 fully saturated rings. The number of ether oxygens (including phenoxy) is 2. The van der Waals surface area contributed by atoms with Gasteiger partial charge in [-0.1, -0.05) is 12.1 Å². The predicted molar refractivity (Wildman–Crippen MR) is 78.7 cm³/mol. The number of aromatic nitrogens is 1. The molecule has 2 unspecified atom stereocenters. The molecule has 0 amide bonds. The molecule has 2 atom stereocenters. The fourth-order valence-electron chi connectivity index (χ4n) is 2.87. The molecular weight excluding hydrogens is 252 g/mol. The first-order valence-corrected chi connectivity index (χ1v) is 6.68. The van der Waals surface area contributed by atoms with Crippen molar-refractivity contribution in [1.29, 1.82) is 0 Å². The molecule has 3 rings (SSSR count). The zero-order valence-electron chi connectivity index (χ0n) is 11.9. The van der Waals surface area contributed by atoms with Crippen molar-refractivity contribution < 1.29 is 9.47 Å². The fraction of sp³-hybridized carbons (Fsp3) is 0.312. The van der Waals surface area contributed by atoms with Crippen LogP contribution < -0.4 is 14.8 Å². The maximum absolute atomic E-state index is 5.40. The molecule has 1 N–H and O–H groups in total. The number of nitrogens with zero attached hydrogens (tertiary/aromatic N) is 1. The average molecular weight is 270 g/mol. The van der Waals surface area contributed by atoms with Gasteiger partial charge in [-0.3, -0.25) is 0 Å². The van der Waals surface area contributed by atoms with E-state index >= 15 is 0 Å². The van der Waals surface area contributed by atoms with E-state index in [4.69, 9.17) is 9.47 Å². The number of nitrogens with one attached hydrogen (secondary N) is 1. The maximum atomic E-state index is 5.40. The van der Waals surface area contributed by atoms with Gasteiger partial charge in [0.05, 0.1) is 14.2 Å².